The molecule has 17 heavy (non-hydrogen) atoms. The fraction of sp³-hybridized carbons (Fsp3) is 0.667. The van der Waals surface area contributed by atoms with E-state index in [4.69, 9.17) is 0 Å². The molecule has 1 atom stereocenters. The number of H-pyrrole nitrogens is 1. The fourth-order valence-corrected chi connectivity index (χ4v) is 2.10. The minimum atomic E-state index is -0.381. The summed E-state index contributed by atoms with van der Waals surface area (Å²) < 4.78 is 0. The van der Waals surface area contributed by atoms with E-state index in [1.165, 1.54) is 0 Å². The number of nitrogens with one attached hydrogen (secondary N) is 1. The number of amides is 1. The molecule has 0 aliphatic carbocycles. The molecule has 2 rings (SSSR count). The maximum atomic E-state index is 12.0. The lowest BCUT2D eigenvalue weighted by molar-refractivity contribution is 0.0759. The van der Waals surface area contributed by atoms with Crippen LogP contribution in [0.2, 0.25) is 0 Å². The highest BCUT2D eigenvalue weighted by Gasteiger charge is 2.26. The van der Waals surface area contributed by atoms with Gasteiger partial charge in [-0.15, -0.1) is 0 Å². The molecule has 0 bridgehead atoms. The highest BCUT2D eigenvalue weighted by Crippen LogP contribution is 2.14. The summed E-state index contributed by atoms with van der Waals surface area (Å²) in [7, 11) is 0. The first-order chi connectivity index (χ1) is 8.06. The predicted octanol–water partition coefficient (Wildman–Crippen LogP) is 0.815. The number of carbonyl (C=O) groups excluding carboxylic acids is 1. The lowest BCUT2D eigenvalue weighted by Crippen LogP contribution is -2.29. The van der Waals surface area contributed by atoms with E-state index >= 15 is 0 Å². The summed E-state index contributed by atoms with van der Waals surface area (Å²) in [6, 6.07) is 1.81. The van der Waals surface area contributed by atoms with E-state index in [1.54, 1.807) is 4.90 Å². The minimum absolute atomic E-state index is 0.0900. The first-order valence-corrected chi connectivity index (χ1v) is 6.08. The largest absolute Gasteiger partial charge is 0.391 e. The number of aromatic amines is 1. The summed E-state index contributed by atoms with van der Waals surface area (Å²) in [6.07, 6.45) is 1.17. The standard InChI is InChI=1S/C12H19N3O2/c1-8(2)5-9-6-11(14-13-9)12(17)15-4-3-10(16)7-15/h6,8,10,16H,3-5,7H2,1-2H3,(H,13,14)/t10-/m1/s1. The summed E-state index contributed by atoms with van der Waals surface area (Å²) in [5.74, 6) is 0.444. The minimum Gasteiger partial charge on any atom is -0.391 e. The lowest BCUT2D eigenvalue weighted by atomic mass is 10.1. The van der Waals surface area contributed by atoms with E-state index in [0.717, 1.165) is 12.1 Å². The van der Waals surface area contributed by atoms with Gasteiger partial charge in [0.05, 0.1) is 6.10 Å². The molecule has 0 unspecified atom stereocenters. The van der Waals surface area contributed by atoms with Crippen LogP contribution in [0.5, 0.6) is 0 Å². The van der Waals surface area contributed by atoms with Crippen molar-refractivity contribution in [2.24, 2.45) is 5.92 Å². The summed E-state index contributed by atoms with van der Waals surface area (Å²) in [5.41, 5.74) is 1.44. The third-order valence-corrected chi connectivity index (χ3v) is 2.93. The number of rotatable bonds is 3. The molecular formula is C12H19N3O2. The first-order valence-electron chi connectivity index (χ1n) is 6.08. The van der Waals surface area contributed by atoms with Crippen LogP contribution in [0.15, 0.2) is 6.07 Å². The number of hydrogen-bond donors (Lipinski definition) is 2. The monoisotopic (exact) mass is 237 g/mol. The van der Waals surface area contributed by atoms with Crippen molar-refractivity contribution in [2.45, 2.75) is 32.8 Å². The normalized spacial score (nSPS) is 20.2. The molecule has 0 radical (unpaired) electrons. The summed E-state index contributed by atoms with van der Waals surface area (Å²) in [4.78, 5) is 13.7. The van der Waals surface area contributed by atoms with Gasteiger partial charge in [0.15, 0.2) is 0 Å². The highest BCUT2D eigenvalue weighted by atomic mass is 16.3. The maximum Gasteiger partial charge on any atom is 0.274 e. The Balaban J connectivity index is 2.02. The van der Waals surface area contributed by atoms with Crippen LogP contribution in [-0.4, -0.2) is 45.3 Å². The molecule has 1 aromatic heterocycles. The molecule has 5 nitrogen and oxygen atoms in total. The second-order valence-electron chi connectivity index (χ2n) is 5.07. The molecule has 2 heterocycles. The van der Waals surface area contributed by atoms with Crippen molar-refractivity contribution in [1.82, 2.24) is 15.1 Å². The highest BCUT2D eigenvalue weighted by molar-refractivity contribution is 5.92. The van der Waals surface area contributed by atoms with Crippen molar-refractivity contribution in [2.75, 3.05) is 13.1 Å². The third-order valence-electron chi connectivity index (χ3n) is 2.93. The van der Waals surface area contributed by atoms with Gasteiger partial charge in [-0.05, 0) is 24.8 Å². The van der Waals surface area contributed by atoms with Gasteiger partial charge in [0.2, 0.25) is 0 Å². The third kappa shape index (κ3) is 2.85. The van der Waals surface area contributed by atoms with Crippen molar-refractivity contribution in [3.8, 4) is 0 Å². The Kier molecular flexibility index (Phi) is 3.47. The van der Waals surface area contributed by atoms with Gasteiger partial charge in [-0.25, -0.2) is 0 Å². The van der Waals surface area contributed by atoms with E-state index in [0.29, 0.717) is 31.1 Å². The zero-order valence-corrected chi connectivity index (χ0v) is 10.3. The Bertz CT molecular complexity index is 400. The van der Waals surface area contributed by atoms with Gasteiger partial charge in [-0.1, -0.05) is 13.8 Å². The number of nitrogens with zero attached hydrogens (tertiary/aromatic N) is 2. The molecule has 2 N–H and O–H groups in total. The molecule has 1 aliphatic heterocycles. The van der Waals surface area contributed by atoms with Crippen LogP contribution in [0.1, 0.15) is 36.5 Å². The quantitative estimate of drug-likeness (QED) is 0.817. The number of hydrogen-bond acceptors (Lipinski definition) is 3. The van der Waals surface area contributed by atoms with E-state index in [-0.39, 0.29) is 12.0 Å². The van der Waals surface area contributed by atoms with Gasteiger partial charge >= 0.3 is 0 Å². The maximum absolute atomic E-state index is 12.0. The van der Waals surface area contributed by atoms with Crippen molar-refractivity contribution in [3.63, 3.8) is 0 Å². The van der Waals surface area contributed by atoms with Crippen molar-refractivity contribution in [1.29, 1.82) is 0 Å². The van der Waals surface area contributed by atoms with Crippen molar-refractivity contribution >= 4 is 5.91 Å². The van der Waals surface area contributed by atoms with Crippen LogP contribution in [0.4, 0.5) is 0 Å². The molecule has 94 valence electrons. The van der Waals surface area contributed by atoms with Gasteiger partial charge in [-0.2, -0.15) is 5.10 Å². The second-order valence-corrected chi connectivity index (χ2v) is 5.07. The molecular weight excluding hydrogens is 218 g/mol. The van der Waals surface area contributed by atoms with E-state index in [1.807, 2.05) is 6.07 Å². The lowest BCUT2D eigenvalue weighted by Gasteiger charge is -2.13. The van der Waals surface area contributed by atoms with Gasteiger partial charge in [0, 0.05) is 18.8 Å². The molecule has 1 saturated heterocycles. The Morgan fingerprint density at radius 1 is 1.71 bits per heavy atom. The zero-order chi connectivity index (χ0) is 12.4. The van der Waals surface area contributed by atoms with Crippen molar-refractivity contribution in [3.05, 3.63) is 17.5 Å². The Labute approximate surface area is 101 Å². The molecule has 1 amide bonds. The summed E-state index contributed by atoms with van der Waals surface area (Å²) in [5, 5.41) is 16.3. The van der Waals surface area contributed by atoms with Crippen LogP contribution in [-0.2, 0) is 6.42 Å². The van der Waals surface area contributed by atoms with Crippen molar-refractivity contribution < 1.29 is 9.90 Å². The second kappa shape index (κ2) is 4.87. The first kappa shape index (κ1) is 12.1. The van der Waals surface area contributed by atoms with Gasteiger partial charge in [0.1, 0.15) is 5.69 Å². The predicted molar refractivity (Wildman–Crippen MR) is 63.7 cm³/mol. The van der Waals surface area contributed by atoms with Crippen LogP contribution in [0.3, 0.4) is 0 Å². The van der Waals surface area contributed by atoms with Crippen LogP contribution in [0, 0.1) is 5.92 Å². The molecule has 5 heteroatoms. The zero-order valence-electron chi connectivity index (χ0n) is 10.3. The van der Waals surface area contributed by atoms with Crippen LogP contribution >= 0.6 is 0 Å². The number of aliphatic hydroxyl groups is 1. The number of carbonyl (C=O) groups is 1. The number of β-amino-alcohol motifs (C(OH)–C–C–N with tert-alkyl or cyclic N) is 1. The van der Waals surface area contributed by atoms with Gasteiger partial charge in [0.25, 0.3) is 5.91 Å². The van der Waals surface area contributed by atoms with Gasteiger partial charge < -0.3 is 10.0 Å². The number of aromatic nitrogens is 2. The average molecular weight is 237 g/mol. The number of likely N-dealkylation sites (tertiary alicyclic amines) is 1. The van der Waals surface area contributed by atoms with E-state index in [2.05, 4.69) is 24.0 Å². The van der Waals surface area contributed by atoms with Gasteiger partial charge in [-0.3, -0.25) is 9.89 Å². The molecule has 1 aliphatic rings. The Morgan fingerprint density at radius 3 is 3.06 bits per heavy atom. The molecule has 0 aromatic carbocycles. The van der Waals surface area contributed by atoms with Crippen LogP contribution < -0.4 is 0 Å². The van der Waals surface area contributed by atoms with E-state index < -0.39 is 0 Å². The fourth-order valence-electron chi connectivity index (χ4n) is 2.10. The molecule has 1 aromatic rings. The Morgan fingerprint density at radius 2 is 2.47 bits per heavy atom. The average Bonchev–Trinajstić information content (AvgIpc) is 2.85. The molecule has 0 spiro atoms. The Hall–Kier alpha value is -1.36. The topological polar surface area (TPSA) is 69.2 Å². The smallest absolute Gasteiger partial charge is 0.274 e. The molecule has 1 fully saturated rings. The summed E-state index contributed by atoms with van der Waals surface area (Å²) in [6.45, 7) is 5.29. The molecule has 0 saturated carbocycles. The van der Waals surface area contributed by atoms with Crippen LogP contribution in [0.25, 0.3) is 0 Å². The number of aliphatic hydroxyl groups excluding tert-OH is 1. The van der Waals surface area contributed by atoms with E-state index in [9.17, 15) is 9.90 Å². The SMILES string of the molecule is CC(C)Cc1cc(C(=O)N2CC[C@@H](O)C2)n[nH]1. The summed E-state index contributed by atoms with van der Waals surface area (Å²) >= 11 is 0.